The van der Waals surface area contributed by atoms with E-state index in [0.29, 0.717) is 28.3 Å². The van der Waals surface area contributed by atoms with Gasteiger partial charge in [0.25, 0.3) is 5.56 Å². The summed E-state index contributed by atoms with van der Waals surface area (Å²) < 4.78 is 20.8. The first-order valence-electron chi connectivity index (χ1n) is 10.2. The van der Waals surface area contributed by atoms with Crippen molar-refractivity contribution in [3.63, 3.8) is 0 Å². The van der Waals surface area contributed by atoms with Crippen molar-refractivity contribution in [2.75, 3.05) is 0 Å². The highest BCUT2D eigenvalue weighted by Crippen LogP contribution is 2.35. The Bertz CT molecular complexity index is 1300. The maximum absolute atomic E-state index is 13.4. The van der Waals surface area contributed by atoms with Crippen LogP contribution < -0.4 is 5.56 Å². The van der Waals surface area contributed by atoms with Gasteiger partial charge in [0.2, 0.25) is 11.8 Å². The van der Waals surface area contributed by atoms with Gasteiger partial charge in [-0.05, 0) is 56.5 Å². The fourth-order valence-electron chi connectivity index (χ4n) is 4.02. The van der Waals surface area contributed by atoms with E-state index in [1.54, 1.807) is 23.5 Å². The van der Waals surface area contributed by atoms with Crippen LogP contribution in [0.3, 0.4) is 0 Å². The number of aryl methyl sites for hydroxylation is 2. The largest absolute Gasteiger partial charge is 0.420 e. The number of benzene rings is 1. The van der Waals surface area contributed by atoms with Gasteiger partial charge in [0.1, 0.15) is 10.6 Å². The van der Waals surface area contributed by atoms with Gasteiger partial charge in [-0.3, -0.25) is 9.36 Å². The van der Waals surface area contributed by atoms with E-state index in [0.717, 1.165) is 46.3 Å². The molecule has 31 heavy (non-hydrogen) atoms. The third kappa shape index (κ3) is 3.80. The van der Waals surface area contributed by atoms with Crippen LogP contribution in [0.1, 0.15) is 48.1 Å². The van der Waals surface area contributed by atoms with Crippen molar-refractivity contribution in [3.8, 4) is 11.5 Å². The van der Waals surface area contributed by atoms with Crippen LogP contribution >= 0.6 is 23.1 Å². The van der Waals surface area contributed by atoms with Crippen LogP contribution in [0.25, 0.3) is 21.7 Å². The number of fused-ring (bicyclic) bond motifs is 1. The molecule has 4 aromatic rings. The van der Waals surface area contributed by atoms with Crippen LogP contribution in [0.5, 0.6) is 0 Å². The third-order valence-corrected chi connectivity index (χ3v) is 7.81. The van der Waals surface area contributed by atoms with Crippen molar-refractivity contribution in [2.24, 2.45) is 0 Å². The highest BCUT2D eigenvalue weighted by Gasteiger charge is 2.25. The van der Waals surface area contributed by atoms with E-state index in [-0.39, 0.29) is 17.4 Å². The molecule has 1 saturated carbocycles. The molecule has 1 aliphatic rings. The summed E-state index contributed by atoms with van der Waals surface area (Å²) in [6.07, 6.45) is 4.26. The topological polar surface area (TPSA) is 73.8 Å². The first-order valence-corrected chi connectivity index (χ1v) is 12.0. The summed E-state index contributed by atoms with van der Waals surface area (Å²) in [5.41, 5.74) is 1.75. The molecule has 1 aliphatic carbocycles. The van der Waals surface area contributed by atoms with Gasteiger partial charge >= 0.3 is 0 Å². The minimum atomic E-state index is -0.315. The molecule has 3 aromatic heterocycles. The van der Waals surface area contributed by atoms with Crippen LogP contribution in [0, 0.1) is 19.7 Å². The minimum absolute atomic E-state index is 0.0544. The Hall–Kier alpha value is -2.52. The van der Waals surface area contributed by atoms with E-state index in [1.807, 2.05) is 18.4 Å². The van der Waals surface area contributed by atoms with Gasteiger partial charge in [-0.15, -0.1) is 21.5 Å². The molecular formula is C22H21FN4O2S2. The predicted octanol–water partition coefficient (Wildman–Crippen LogP) is 5.67. The van der Waals surface area contributed by atoms with Crippen LogP contribution in [0.4, 0.5) is 4.39 Å². The van der Waals surface area contributed by atoms with Crippen LogP contribution in [-0.2, 0) is 5.75 Å². The molecule has 0 radical (unpaired) electrons. The lowest BCUT2D eigenvalue weighted by Gasteiger charge is -2.17. The monoisotopic (exact) mass is 456 g/mol. The highest BCUT2D eigenvalue weighted by molar-refractivity contribution is 7.98. The molecule has 0 unspecified atom stereocenters. The van der Waals surface area contributed by atoms with Gasteiger partial charge < -0.3 is 4.42 Å². The van der Waals surface area contributed by atoms with Crippen molar-refractivity contribution in [1.82, 2.24) is 19.7 Å². The van der Waals surface area contributed by atoms with Gasteiger partial charge in [0.15, 0.2) is 5.16 Å². The van der Waals surface area contributed by atoms with Crippen molar-refractivity contribution in [3.05, 3.63) is 56.8 Å². The molecule has 0 N–H and O–H groups in total. The molecule has 9 heteroatoms. The van der Waals surface area contributed by atoms with E-state index in [4.69, 9.17) is 9.40 Å². The summed E-state index contributed by atoms with van der Waals surface area (Å²) in [4.78, 5) is 20.2. The van der Waals surface area contributed by atoms with Crippen LogP contribution in [-0.4, -0.2) is 19.7 Å². The lowest BCUT2D eigenvalue weighted by molar-refractivity contribution is 0.457. The summed E-state index contributed by atoms with van der Waals surface area (Å²) in [6, 6.07) is 6.11. The number of halogens is 1. The lowest BCUT2D eigenvalue weighted by atomic mass is 10.2. The molecule has 0 atom stereocenters. The molecule has 0 bridgehead atoms. The Morgan fingerprint density at radius 1 is 1.19 bits per heavy atom. The van der Waals surface area contributed by atoms with Crippen LogP contribution in [0.2, 0.25) is 0 Å². The molecule has 0 spiro atoms. The molecule has 5 rings (SSSR count). The SMILES string of the molecule is Cc1sc2nc(SCc3nnc(-c4ccc(F)cc4)o3)n(C3CCCC3)c(=O)c2c1C. The first-order chi connectivity index (χ1) is 15.0. The Kier molecular flexibility index (Phi) is 5.39. The number of thiophene rings is 1. The second kappa shape index (κ2) is 8.20. The average Bonchev–Trinajstić information content (AvgIpc) is 3.49. The van der Waals surface area contributed by atoms with Gasteiger partial charge in [0, 0.05) is 16.5 Å². The predicted molar refractivity (Wildman–Crippen MR) is 120 cm³/mol. The second-order valence-electron chi connectivity index (χ2n) is 7.77. The average molecular weight is 457 g/mol. The Labute approximate surface area is 186 Å². The molecule has 6 nitrogen and oxygen atoms in total. The smallest absolute Gasteiger partial charge is 0.263 e. The Balaban J connectivity index is 1.47. The maximum atomic E-state index is 13.4. The van der Waals surface area contributed by atoms with Gasteiger partial charge in [-0.25, -0.2) is 9.37 Å². The van der Waals surface area contributed by atoms with Crippen molar-refractivity contribution in [1.29, 1.82) is 0 Å². The van der Waals surface area contributed by atoms with Crippen LogP contribution in [0.15, 0.2) is 38.6 Å². The molecule has 3 heterocycles. The number of rotatable bonds is 5. The van der Waals surface area contributed by atoms with E-state index in [9.17, 15) is 9.18 Å². The zero-order chi connectivity index (χ0) is 21.5. The maximum Gasteiger partial charge on any atom is 0.263 e. The summed E-state index contributed by atoms with van der Waals surface area (Å²) in [5, 5.41) is 9.63. The van der Waals surface area contributed by atoms with E-state index >= 15 is 0 Å². The molecule has 160 valence electrons. The lowest BCUT2D eigenvalue weighted by Crippen LogP contribution is -2.26. The zero-order valence-electron chi connectivity index (χ0n) is 17.2. The Morgan fingerprint density at radius 2 is 1.94 bits per heavy atom. The fourth-order valence-corrected chi connectivity index (χ4v) is 5.99. The minimum Gasteiger partial charge on any atom is -0.420 e. The van der Waals surface area contributed by atoms with E-state index < -0.39 is 0 Å². The number of hydrogen-bond acceptors (Lipinski definition) is 7. The number of aromatic nitrogens is 4. The normalized spacial score (nSPS) is 14.7. The molecular weight excluding hydrogens is 435 g/mol. The van der Waals surface area contributed by atoms with Crippen molar-refractivity contribution in [2.45, 2.75) is 56.5 Å². The van der Waals surface area contributed by atoms with E-state index in [2.05, 4.69) is 10.2 Å². The first kappa shape index (κ1) is 20.4. The summed E-state index contributed by atoms with van der Waals surface area (Å²) in [5.74, 6) is 0.874. The van der Waals surface area contributed by atoms with Gasteiger partial charge in [-0.2, -0.15) is 0 Å². The summed E-state index contributed by atoms with van der Waals surface area (Å²) >= 11 is 3.01. The van der Waals surface area contributed by atoms with Gasteiger partial charge in [-0.1, -0.05) is 24.6 Å². The molecule has 0 saturated heterocycles. The molecule has 1 fully saturated rings. The van der Waals surface area contributed by atoms with Crippen molar-refractivity contribution < 1.29 is 8.81 Å². The quantitative estimate of drug-likeness (QED) is 0.284. The second-order valence-corrected chi connectivity index (χ2v) is 9.91. The molecule has 0 amide bonds. The van der Waals surface area contributed by atoms with E-state index in [1.165, 1.54) is 23.9 Å². The van der Waals surface area contributed by atoms with Gasteiger partial charge in [0.05, 0.1) is 11.1 Å². The number of thioether (sulfide) groups is 1. The zero-order valence-corrected chi connectivity index (χ0v) is 18.9. The number of hydrogen-bond donors (Lipinski definition) is 0. The third-order valence-electron chi connectivity index (χ3n) is 5.78. The summed E-state index contributed by atoms with van der Waals surface area (Å²) in [7, 11) is 0. The molecule has 1 aromatic carbocycles. The number of nitrogens with zero attached hydrogens (tertiary/aromatic N) is 4. The molecule has 0 aliphatic heterocycles. The summed E-state index contributed by atoms with van der Waals surface area (Å²) in [6.45, 7) is 4.03. The van der Waals surface area contributed by atoms with Crippen molar-refractivity contribution >= 4 is 33.3 Å². The highest BCUT2D eigenvalue weighted by atomic mass is 32.2. The fraction of sp³-hybridized carbons (Fsp3) is 0.364. The standard InChI is InChI=1S/C22H21FN4O2S2/c1-12-13(2)31-20-18(12)21(28)27(16-5-3-4-6-16)22(24-20)30-11-17-25-26-19(29-17)14-7-9-15(23)10-8-14/h7-10,16H,3-6,11H2,1-2H3. The Morgan fingerprint density at radius 3 is 2.68 bits per heavy atom.